The van der Waals surface area contributed by atoms with Crippen molar-refractivity contribution in [2.75, 3.05) is 19.4 Å². The molecule has 2 nitrogen and oxygen atoms in total. The van der Waals surface area contributed by atoms with Crippen molar-refractivity contribution < 1.29 is 5.11 Å². The van der Waals surface area contributed by atoms with Crippen LogP contribution in [-0.2, 0) is 6.54 Å². The van der Waals surface area contributed by atoms with Crippen molar-refractivity contribution in [3.8, 4) is 0 Å². The van der Waals surface area contributed by atoms with Crippen LogP contribution in [0.1, 0.15) is 11.1 Å². The van der Waals surface area contributed by atoms with Gasteiger partial charge in [0.1, 0.15) is 0 Å². The van der Waals surface area contributed by atoms with Gasteiger partial charge in [-0.1, -0.05) is 12.1 Å². The zero-order valence-electron chi connectivity index (χ0n) is 8.71. The van der Waals surface area contributed by atoms with Gasteiger partial charge in [0.25, 0.3) is 0 Å². The summed E-state index contributed by atoms with van der Waals surface area (Å²) in [5, 5.41) is 11.9. The lowest BCUT2D eigenvalue weighted by Gasteiger charge is -2.07. The summed E-state index contributed by atoms with van der Waals surface area (Å²) >= 11 is 1.70. The Bertz CT molecular complexity index is 289. The van der Waals surface area contributed by atoms with Gasteiger partial charge >= 0.3 is 0 Å². The summed E-state index contributed by atoms with van der Waals surface area (Å²) in [4.78, 5) is 1.26. The highest BCUT2D eigenvalue weighted by Gasteiger charge is 1.99. The number of rotatable bonds is 5. The van der Waals surface area contributed by atoms with E-state index in [-0.39, 0.29) is 6.61 Å². The molecule has 0 amide bonds. The molecular weight excluding hydrogens is 194 g/mol. The molecule has 2 N–H and O–H groups in total. The molecule has 1 rings (SSSR count). The SMILES string of the molecule is CNCc1ccc(SCCO)c(C)c1. The molecule has 78 valence electrons. The molecule has 0 aromatic heterocycles. The second-order valence-corrected chi connectivity index (χ2v) is 4.34. The standard InChI is InChI=1S/C11H17NOS/c1-9-7-10(8-12-2)3-4-11(9)14-6-5-13/h3-4,7,12-13H,5-6,8H2,1-2H3. The van der Waals surface area contributed by atoms with Crippen LogP contribution in [0.5, 0.6) is 0 Å². The number of hydrogen-bond acceptors (Lipinski definition) is 3. The fourth-order valence-corrected chi connectivity index (χ4v) is 2.11. The molecule has 0 bridgehead atoms. The summed E-state index contributed by atoms with van der Waals surface area (Å²) < 4.78 is 0. The number of benzene rings is 1. The third kappa shape index (κ3) is 3.33. The maximum absolute atomic E-state index is 8.73. The molecule has 0 fully saturated rings. The van der Waals surface area contributed by atoms with Gasteiger partial charge in [0.15, 0.2) is 0 Å². The minimum atomic E-state index is 0.238. The zero-order chi connectivity index (χ0) is 10.4. The van der Waals surface area contributed by atoms with Crippen molar-refractivity contribution in [3.05, 3.63) is 29.3 Å². The van der Waals surface area contributed by atoms with Gasteiger partial charge in [0, 0.05) is 17.2 Å². The monoisotopic (exact) mass is 211 g/mol. The number of aryl methyl sites for hydroxylation is 1. The highest BCUT2D eigenvalue weighted by atomic mass is 32.2. The molecule has 1 aromatic rings. The molecule has 0 unspecified atom stereocenters. The van der Waals surface area contributed by atoms with Crippen LogP contribution < -0.4 is 5.32 Å². The Kier molecular flexibility index (Phi) is 5.01. The van der Waals surface area contributed by atoms with Gasteiger partial charge < -0.3 is 10.4 Å². The molecule has 0 aliphatic carbocycles. The summed E-state index contributed by atoms with van der Waals surface area (Å²) in [5.41, 5.74) is 2.59. The van der Waals surface area contributed by atoms with Crippen molar-refractivity contribution in [1.82, 2.24) is 5.32 Å². The molecule has 0 saturated carbocycles. The number of thioether (sulfide) groups is 1. The minimum absolute atomic E-state index is 0.238. The largest absolute Gasteiger partial charge is 0.396 e. The predicted octanol–water partition coefficient (Wildman–Crippen LogP) is 1.80. The van der Waals surface area contributed by atoms with Crippen molar-refractivity contribution in [3.63, 3.8) is 0 Å². The summed E-state index contributed by atoms with van der Waals surface area (Å²) in [6.07, 6.45) is 0. The molecule has 0 heterocycles. The Balaban J connectivity index is 2.68. The number of nitrogens with one attached hydrogen (secondary N) is 1. The number of hydrogen-bond donors (Lipinski definition) is 2. The smallest absolute Gasteiger partial charge is 0.0525 e. The van der Waals surface area contributed by atoms with Crippen LogP contribution in [0.4, 0.5) is 0 Å². The molecule has 0 aliphatic heterocycles. The lowest BCUT2D eigenvalue weighted by atomic mass is 10.1. The van der Waals surface area contributed by atoms with E-state index >= 15 is 0 Å². The topological polar surface area (TPSA) is 32.3 Å². The highest BCUT2D eigenvalue weighted by molar-refractivity contribution is 7.99. The van der Waals surface area contributed by atoms with Crippen LogP contribution in [0.2, 0.25) is 0 Å². The van der Waals surface area contributed by atoms with Gasteiger partial charge in [-0.05, 0) is 31.2 Å². The Morgan fingerprint density at radius 1 is 1.43 bits per heavy atom. The molecule has 14 heavy (non-hydrogen) atoms. The van der Waals surface area contributed by atoms with Crippen LogP contribution in [0.25, 0.3) is 0 Å². The summed E-state index contributed by atoms with van der Waals surface area (Å²) in [7, 11) is 1.95. The van der Waals surface area contributed by atoms with E-state index < -0.39 is 0 Å². The van der Waals surface area contributed by atoms with E-state index in [2.05, 4.69) is 30.4 Å². The Morgan fingerprint density at radius 3 is 2.79 bits per heavy atom. The number of aliphatic hydroxyl groups is 1. The first-order valence-electron chi connectivity index (χ1n) is 4.75. The fourth-order valence-electron chi connectivity index (χ4n) is 1.34. The molecule has 0 radical (unpaired) electrons. The molecule has 0 saturated heterocycles. The maximum Gasteiger partial charge on any atom is 0.0525 e. The summed E-state index contributed by atoms with van der Waals surface area (Å²) in [6.45, 7) is 3.26. The number of aliphatic hydroxyl groups excluding tert-OH is 1. The van der Waals surface area contributed by atoms with Gasteiger partial charge in [0.05, 0.1) is 6.61 Å². The second kappa shape index (κ2) is 6.06. The first kappa shape index (κ1) is 11.6. The summed E-state index contributed by atoms with van der Waals surface area (Å²) in [5.74, 6) is 0.770. The van der Waals surface area contributed by atoms with Crippen molar-refractivity contribution in [2.45, 2.75) is 18.4 Å². The fraction of sp³-hybridized carbons (Fsp3) is 0.455. The van der Waals surface area contributed by atoms with Gasteiger partial charge in [-0.25, -0.2) is 0 Å². The minimum Gasteiger partial charge on any atom is -0.396 e. The predicted molar refractivity (Wildman–Crippen MR) is 61.8 cm³/mol. The normalized spacial score (nSPS) is 10.5. The molecule has 3 heteroatoms. The van der Waals surface area contributed by atoms with Gasteiger partial charge in [-0.3, -0.25) is 0 Å². The van der Waals surface area contributed by atoms with Crippen LogP contribution >= 0.6 is 11.8 Å². The van der Waals surface area contributed by atoms with E-state index in [0.717, 1.165) is 12.3 Å². The second-order valence-electron chi connectivity index (χ2n) is 3.20. The lowest BCUT2D eigenvalue weighted by molar-refractivity contribution is 0.322. The molecule has 0 atom stereocenters. The van der Waals surface area contributed by atoms with Crippen LogP contribution in [0, 0.1) is 6.92 Å². The quantitative estimate of drug-likeness (QED) is 0.728. The summed E-state index contributed by atoms with van der Waals surface area (Å²) in [6, 6.07) is 6.45. The highest BCUT2D eigenvalue weighted by Crippen LogP contribution is 2.22. The van der Waals surface area contributed by atoms with E-state index in [9.17, 15) is 0 Å². The molecule has 0 spiro atoms. The van der Waals surface area contributed by atoms with Gasteiger partial charge in [0.2, 0.25) is 0 Å². The van der Waals surface area contributed by atoms with E-state index in [4.69, 9.17) is 5.11 Å². The van der Waals surface area contributed by atoms with Crippen LogP contribution in [0.15, 0.2) is 23.1 Å². The van der Waals surface area contributed by atoms with E-state index in [1.165, 1.54) is 16.0 Å². The van der Waals surface area contributed by atoms with Crippen molar-refractivity contribution in [2.24, 2.45) is 0 Å². The average Bonchev–Trinajstić information content (AvgIpc) is 2.17. The van der Waals surface area contributed by atoms with Gasteiger partial charge in [-0.15, -0.1) is 11.8 Å². The zero-order valence-corrected chi connectivity index (χ0v) is 9.53. The average molecular weight is 211 g/mol. The van der Waals surface area contributed by atoms with E-state index in [1.807, 2.05) is 7.05 Å². The van der Waals surface area contributed by atoms with Crippen molar-refractivity contribution in [1.29, 1.82) is 0 Å². The lowest BCUT2D eigenvalue weighted by Crippen LogP contribution is -2.05. The van der Waals surface area contributed by atoms with E-state index in [0.29, 0.717) is 0 Å². The first-order valence-corrected chi connectivity index (χ1v) is 5.74. The van der Waals surface area contributed by atoms with Crippen LogP contribution in [-0.4, -0.2) is 24.5 Å². The third-order valence-corrected chi connectivity index (χ3v) is 3.12. The Hall–Kier alpha value is -0.510. The molecule has 0 aliphatic rings. The maximum atomic E-state index is 8.73. The van der Waals surface area contributed by atoms with E-state index in [1.54, 1.807) is 11.8 Å². The van der Waals surface area contributed by atoms with Crippen LogP contribution in [0.3, 0.4) is 0 Å². The molecular formula is C11H17NOS. The first-order chi connectivity index (χ1) is 6.77. The van der Waals surface area contributed by atoms with Crippen molar-refractivity contribution >= 4 is 11.8 Å². The Morgan fingerprint density at radius 2 is 2.21 bits per heavy atom. The third-order valence-electron chi connectivity index (χ3n) is 1.97. The molecule has 1 aromatic carbocycles. The van der Waals surface area contributed by atoms with Gasteiger partial charge in [-0.2, -0.15) is 0 Å². The Labute approximate surface area is 89.7 Å².